The van der Waals surface area contributed by atoms with Crippen LogP contribution in [0.1, 0.15) is 66.9 Å². The summed E-state index contributed by atoms with van der Waals surface area (Å²) in [6.45, 7) is 9.89. The van der Waals surface area contributed by atoms with Crippen LogP contribution in [0.15, 0.2) is 73.1 Å². The molecule has 0 atom stereocenters. The van der Waals surface area contributed by atoms with Gasteiger partial charge >= 0.3 is 5.97 Å². The lowest BCUT2D eigenvalue weighted by Crippen LogP contribution is -2.20. The number of aryl methyl sites for hydroxylation is 4. The highest BCUT2D eigenvalue weighted by atomic mass is 16.5. The molecule has 8 N–H and O–H groups in total. The molecule has 7 rings (SSSR count). The second kappa shape index (κ2) is 23.8. The second-order valence-electron chi connectivity index (χ2n) is 16.3. The smallest absolute Gasteiger partial charge is 0.329 e. The van der Waals surface area contributed by atoms with Gasteiger partial charge in [0.05, 0.1) is 67.8 Å². The van der Waals surface area contributed by atoms with Gasteiger partial charge in [0.2, 0.25) is 23.7 Å². The van der Waals surface area contributed by atoms with E-state index in [0.29, 0.717) is 83.4 Å². The van der Waals surface area contributed by atoms with Crippen LogP contribution >= 0.6 is 0 Å². The molecule has 0 fully saturated rings. The van der Waals surface area contributed by atoms with E-state index >= 15 is 0 Å². The molecule has 0 aliphatic carbocycles. The van der Waals surface area contributed by atoms with Gasteiger partial charge in [-0.2, -0.15) is 15.3 Å². The first kappa shape index (κ1) is 52.0. The van der Waals surface area contributed by atoms with Gasteiger partial charge in [-0.1, -0.05) is 18.2 Å². The number of nitrogens with zero attached hydrogens (tertiary/aromatic N) is 10. The first-order chi connectivity index (χ1) is 35.2. The van der Waals surface area contributed by atoms with Crippen molar-refractivity contribution in [1.29, 1.82) is 0 Å². The molecule has 0 aliphatic rings. The Hall–Kier alpha value is -8.84. The Morgan fingerprint density at radius 1 is 0.699 bits per heavy atom. The molecule has 5 heterocycles. The number of primary amides is 2. The molecule has 2 aromatic carbocycles. The number of amides is 4. The minimum absolute atomic E-state index is 0.0645. The van der Waals surface area contributed by atoms with Gasteiger partial charge in [-0.3, -0.25) is 43.9 Å². The van der Waals surface area contributed by atoms with Crippen LogP contribution in [0.25, 0.3) is 22.1 Å². The summed E-state index contributed by atoms with van der Waals surface area (Å²) in [5.41, 5.74) is 16.0. The lowest BCUT2D eigenvalue weighted by atomic mass is 10.1. The SMILES string of the molecule is CCn1nc(C)cc1C(=O)Nc1nc2cc(C(N)=O)cc(OC)c2n1C/C=C/Cn1c(NC(=O)c2cc(C)nn2CC)nc2cc(C(N)=O)cc(OC/C=C/Cn3cc(NCCOCCOCC(=O)O)cn3)c21. The molecule has 0 bridgehead atoms. The Kier molecular flexibility index (Phi) is 17.0. The molecule has 0 aliphatic heterocycles. The van der Waals surface area contributed by atoms with Crippen molar-refractivity contribution in [2.24, 2.45) is 11.5 Å². The third-order valence-electron chi connectivity index (χ3n) is 11.1. The van der Waals surface area contributed by atoms with Crippen LogP contribution in [0.2, 0.25) is 0 Å². The highest BCUT2D eigenvalue weighted by Gasteiger charge is 2.24. The number of ether oxygens (including phenoxy) is 4. The van der Waals surface area contributed by atoms with E-state index < -0.39 is 29.6 Å². The normalized spacial score (nSPS) is 11.6. The molecule has 0 saturated carbocycles. The number of allylic oxidation sites excluding steroid dienone is 3. The Bertz CT molecular complexity index is 3210. The molecule has 384 valence electrons. The van der Waals surface area contributed by atoms with Crippen LogP contribution in [0, 0.1) is 13.8 Å². The van der Waals surface area contributed by atoms with Crippen LogP contribution in [-0.2, 0) is 47.0 Å². The van der Waals surface area contributed by atoms with Crippen LogP contribution in [0.5, 0.6) is 11.5 Å². The van der Waals surface area contributed by atoms with E-state index in [0.717, 1.165) is 5.69 Å². The largest absolute Gasteiger partial charge is 0.494 e. The quantitative estimate of drug-likeness (QED) is 0.0316. The molecule has 25 nitrogen and oxygen atoms in total. The highest BCUT2D eigenvalue weighted by molar-refractivity contribution is 6.05. The van der Waals surface area contributed by atoms with Crippen molar-refractivity contribution in [3.63, 3.8) is 0 Å². The number of carbonyl (C=O) groups excluding carboxylic acids is 4. The number of aromatic nitrogens is 10. The van der Waals surface area contributed by atoms with Crippen molar-refractivity contribution in [3.05, 3.63) is 107 Å². The number of imidazole rings is 2. The monoisotopic (exact) mass is 1000 g/mol. The molecule has 0 spiro atoms. The molecule has 5 aromatic heterocycles. The fourth-order valence-electron chi connectivity index (χ4n) is 7.78. The highest BCUT2D eigenvalue weighted by Crippen LogP contribution is 2.33. The number of rotatable bonds is 27. The number of carboxylic acid groups (broad SMARTS) is 1. The van der Waals surface area contributed by atoms with Gasteiger partial charge in [0.25, 0.3) is 11.8 Å². The van der Waals surface area contributed by atoms with Crippen molar-refractivity contribution < 1.29 is 48.0 Å². The zero-order chi connectivity index (χ0) is 52.2. The van der Waals surface area contributed by atoms with Crippen LogP contribution < -0.4 is 36.9 Å². The summed E-state index contributed by atoms with van der Waals surface area (Å²) in [5, 5.41) is 30.9. The summed E-state index contributed by atoms with van der Waals surface area (Å²) in [6, 6.07) is 9.41. The maximum absolute atomic E-state index is 13.9. The number of hydrogen-bond acceptors (Lipinski definition) is 15. The van der Waals surface area contributed by atoms with Crippen molar-refractivity contribution in [2.75, 3.05) is 62.6 Å². The van der Waals surface area contributed by atoms with Gasteiger partial charge in [-0.25, -0.2) is 14.8 Å². The van der Waals surface area contributed by atoms with Gasteiger partial charge < -0.3 is 50.0 Å². The number of fused-ring (bicyclic) bond motifs is 2. The van der Waals surface area contributed by atoms with Crippen molar-refractivity contribution in [2.45, 2.75) is 60.4 Å². The Morgan fingerprint density at radius 2 is 1.23 bits per heavy atom. The molecule has 73 heavy (non-hydrogen) atoms. The van der Waals surface area contributed by atoms with Crippen molar-refractivity contribution >= 4 is 69.2 Å². The average molecular weight is 1000 g/mol. The van der Waals surface area contributed by atoms with E-state index in [1.165, 1.54) is 31.4 Å². The predicted molar refractivity (Wildman–Crippen MR) is 268 cm³/mol. The first-order valence-electron chi connectivity index (χ1n) is 23.2. The molecular weight excluding hydrogens is 947 g/mol. The van der Waals surface area contributed by atoms with Crippen molar-refractivity contribution in [3.8, 4) is 11.5 Å². The number of hydrogen-bond donors (Lipinski definition) is 6. The summed E-state index contributed by atoms with van der Waals surface area (Å²) in [6.07, 6.45) is 10.8. The molecule has 0 radical (unpaired) electrons. The van der Waals surface area contributed by atoms with Gasteiger partial charge in [-0.05, 0) is 70.2 Å². The minimum atomic E-state index is -1.04. The number of nitrogens with one attached hydrogen (secondary N) is 3. The summed E-state index contributed by atoms with van der Waals surface area (Å²) in [7, 11) is 1.45. The summed E-state index contributed by atoms with van der Waals surface area (Å²) in [4.78, 5) is 72.6. The van der Waals surface area contributed by atoms with Gasteiger partial charge in [0.1, 0.15) is 47.1 Å². The fraction of sp³-hybridized carbons (Fsp3) is 0.333. The average Bonchev–Trinajstić information content (AvgIpc) is 4.20. The van der Waals surface area contributed by atoms with Crippen LogP contribution in [-0.4, -0.2) is 130 Å². The molecule has 0 saturated heterocycles. The zero-order valence-electron chi connectivity index (χ0n) is 41.0. The third-order valence-corrected chi connectivity index (χ3v) is 11.1. The van der Waals surface area contributed by atoms with E-state index in [4.69, 9.17) is 45.5 Å². The van der Waals surface area contributed by atoms with E-state index in [1.807, 2.05) is 38.3 Å². The Balaban J connectivity index is 1.15. The van der Waals surface area contributed by atoms with Gasteiger partial charge in [-0.15, -0.1) is 0 Å². The minimum Gasteiger partial charge on any atom is -0.494 e. The predicted octanol–water partition coefficient (Wildman–Crippen LogP) is 3.76. The van der Waals surface area contributed by atoms with E-state index in [9.17, 15) is 24.0 Å². The second-order valence-corrected chi connectivity index (χ2v) is 16.3. The Morgan fingerprint density at radius 3 is 1.77 bits per heavy atom. The van der Waals surface area contributed by atoms with Crippen LogP contribution in [0.4, 0.5) is 17.6 Å². The van der Waals surface area contributed by atoms with Crippen LogP contribution in [0.3, 0.4) is 0 Å². The molecule has 0 unspecified atom stereocenters. The third kappa shape index (κ3) is 12.7. The summed E-state index contributed by atoms with van der Waals surface area (Å²) < 4.78 is 30.8. The fourth-order valence-corrected chi connectivity index (χ4v) is 7.78. The zero-order valence-corrected chi connectivity index (χ0v) is 41.0. The van der Waals surface area contributed by atoms with E-state index in [1.54, 1.807) is 61.4 Å². The number of carboxylic acids is 1. The lowest BCUT2D eigenvalue weighted by molar-refractivity contribution is -0.142. The lowest BCUT2D eigenvalue weighted by Gasteiger charge is -2.13. The number of benzene rings is 2. The standard InChI is InChI=1S/C48H57N15O10/c1-6-62-36(20-29(3)57-62)45(68)55-47-53-34-22-31(43(49)66)24-38(70-5)41(34)60(47)14-8-9-15-61-42-35(54-48(61)56-46(69)37-21-30(4)58-63(37)7-2)23-32(44(50)67)25-39(42)73-16-11-10-13-59-27-33(26-52-59)51-12-17-71-18-19-72-28-40(64)65/h8-11,20-27,51H,6-7,12-19,28H2,1-5H3,(H2,49,66)(H2,50,67)(H,64,65)(H,53,55,68)(H,54,56,69)/b9-8+,11-10+. The molecule has 4 amide bonds. The molecule has 25 heteroatoms. The maximum Gasteiger partial charge on any atom is 0.329 e. The Labute approximate surface area is 417 Å². The number of carbonyl (C=O) groups is 5. The summed E-state index contributed by atoms with van der Waals surface area (Å²) in [5.74, 6) is -2.52. The molecular formula is C48H57N15O10. The number of anilines is 3. The van der Waals surface area contributed by atoms with E-state index in [-0.39, 0.29) is 68.3 Å². The van der Waals surface area contributed by atoms with E-state index in [2.05, 4.69) is 31.2 Å². The maximum atomic E-state index is 13.9. The topological polar surface area (TPSA) is 320 Å². The summed E-state index contributed by atoms with van der Waals surface area (Å²) >= 11 is 0. The van der Waals surface area contributed by atoms with Gasteiger partial charge in [0, 0.05) is 50.0 Å². The number of methoxy groups -OCH3 is 1. The number of nitrogens with two attached hydrogens (primary N) is 2. The first-order valence-corrected chi connectivity index (χ1v) is 23.2. The van der Waals surface area contributed by atoms with Gasteiger partial charge in [0.15, 0.2) is 0 Å². The molecule has 7 aromatic rings. The number of aliphatic carboxylic acids is 1. The van der Waals surface area contributed by atoms with Crippen molar-refractivity contribution in [1.82, 2.24) is 48.4 Å².